The molecule has 0 saturated heterocycles. The Balaban J connectivity index is 2.34. The molecule has 2 aromatic rings. The molecule has 5 N–H and O–H groups in total. The highest BCUT2D eigenvalue weighted by Crippen LogP contribution is 2.23. The monoisotopic (exact) mass is 270 g/mol. The molecule has 0 atom stereocenters. The van der Waals surface area contributed by atoms with Gasteiger partial charge in [-0.15, -0.1) is 0 Å². The number of nitrogen functional groups attached to an aromatic ring is 1. The summed E-state index contributed by atoms with van der Waals surface area (Å²) in [5.41, 5.74) is 14.4. The van der Waals surface area contributed by atoms with Gasteiger partial charge in [-0.2, -0.15) is 0 Å². The molecule has 0 saturated carbocycles. The number of nitrogens with two attached hydrogens (primary N) is 2. The van der Waals surface area contributed by atoms with Crippen molar-refractivity contribution in [3.8, 4) is 11.3 Å². The first-order valence-corrected chi connectivity index (χ1v) is 6.43. The van der Waals surface area contributed by atoms with Crippen LogP contribution in [-0.2, 0) is 0 Å². The summed E-state index contributed by atoms with van der Waals surface area (Å²) < 4.78 is 0. The van der Waals surface area contributed by atoms with Gasteiger partial charge in [0.2, 0.25) is 0 Å². The predicted octanol–water partition coefficient (Wildman–Crippen LogP) is 1.33. The van der Waals surface area contributed by atoms with Crippen molar-refractivity contribution in [3.63, 3.8) is 0 Å². The number of aromatic nitrogens is 1. The van der Waals surface area contributed by atoms with Crippen molar-refractivity contribution < 1.29 is 4.79 Å². The third-order valence-corrected chi connectivity index (χ3v) is 2.95. The first kappa shape index (κ1) is 14.0. The lowest BCUT2D eigenvalue weighted by molar-refractivity contribution is 0.0955. The number of carbonyl (C=O) groups excluding carboxylic acids is 1. The molecule has 0 aliphatic rings. The Morgan fingerprint density at radius 2 is 2.10 bits per heavy atom. The van der Waals surface area contributed by atoms with Crippen molar-refractivity contribution in [1.82, 2.24) is 10.3 Å². The average molecular weight is 270 g/mol. The van der Waals surface area contributed by atoms with Crippen molar-refractivity contribution in [3.05, 3.63) is 47.5 Å². The molecule has 0 aliphatic carbocycles. The third-order valence-electron chi connectivity index (χ3n) is 2.95. The number of benzene rings is 1. The van der Waals surface area contributed by atoms with Gasteiger partial charge in [-0.05, 0) is 30.7 Å². The van der Waals surface area contributed by atoms with Crippen LogP contribution in [0.15, 0.2) is 36.4 Å². The van der Waals surface area contributed by atoms with Gasteiger partial charge >= 0.3 is 0 Å². The number of nitrogens with one attached hydrogen (secondary N) is 1. The fourth-order valence-corrected chi connectivity index (χ4v) is 1.93. The second kappa shape index (κ2) is 6.16. The van der Waals surface area contributed by atoms with E-state index in [9.17, 15) is 4.79 Å². The Morgan fingerprint density at radius 3 is 2.85 bits per heavy atom. The number of hydrogen-bond donors (Lipinski definition) is 3. The molecule has 1 amide bonds. The Bertz CT molecular complexity index is 625. The zero-order valence-electron chi connectivity index (χ0n) is 11.4. The van der Waals surface area contributed by atoms with Crippen LogP contribution in [0.4, 0.5) is 5.82 Å². The summed E-state index contributed by atoms with van der Waals surface area (Å²) in [7, 11) is 0. The van der Waals surface area contributed by atoms with E-state index in [0.29, 0.717) is 24.5 Å². The topological polar surface area (TPSA) is 94.0 Å². The first-order valence-electron chi connectivity index (χ1n) is 6.43. The van der Waals surface area contributed by atoms with Gasteiger partial charge in [0.15, 0.2) is 0 Å². The standard InChI is InChI=1S/C15H18N4O/c1-10-5-6-13(17)19-14(10)11-3-2-4-12(9-11)15(20)18-8-7-16/h2-6,9H,7-8,16H2,1H3,(H2,17,19)(H,18,20). The van der Waals surface area contributed by atoms with Crippen LogP contribution in [-0.4, -0.2) is 24.0 Å². The molecule has 1 heterocycles. The van der Waals surface area contributed by atoms with Gasteiger partial charge in [0, 0.05) is 24.2 Å². The van der Waals surface area contributed by atoms with Crippen LogP contribution in [0.3, 0.4) is 0 Å². The fourth-order valence-electron chi connectivity index (χ4n) is 1.93. The van der Waals surface area contributed by atoms with Crippen molar-refractivity contribution in [2.75, 3.05) is 18.8 Å². The minimum Gasteiger partial charge on any atom is -0.384 e. The van der Waals surface area contributed by atoms with E-state index in [4.69, 9.17) is 11.5 Å². The van der Waals surface area contributed by atoms with Crippen LogP contribution in [0.1, 0.15) is 15.9 Å². The minimum absolute atomic E-state index is 0.140. The van der Waals surface area contributed by atoms with E-state index >= 15 is 0 Å². The second-order valence-electron chi connectivity index (χ2n) is 4.53. The molecule has 20 heavy (non-hydrogen) atoms. The molecule has 0 bridgehead atoms. The largest absolute Gasteiger partial charge is 0.384 e. The van der Waals surface area contributed by atoms with Crippen molar-refractivity contribution in [1.29, 1.82) is 0 Å². The molecule has 0 aliphatic heterocycles. The summed E-state index contributed by atoms with van der Waals surface area (Å²) in [6.07, 6.45) is 0. The lowest BCUT2D eigenvalue weighted by Gasteiger charge is -2.08. The Hall–Kier alpha value is -2.40. The summed E-state index contributed by atoms with van der Waals surface area (Å²) in [5.74, 6) is 0.322. The van der Waals surface area contributed by atoms with E-state index in [-0.39, 0.29) is 5.91 Å². The Morgan fingerprint density at radius 1 is 1.30 bits per heavy atom. The summed E-state index contributed by atoms with van der Waals surface area (Å²) in [5, 5.41) is 2.74. The summed E-state index contributed by atoms with van der Waals surface area (Å²) in [6, 6.07) is 11.0. The Labute approximate surface area is 118 Å². The molecule has 0 unspecified atom stereocenters. The zero-order valence-corrected chi connectivity index (χ0v) is 11.4. The molecular formula is C15H18N4O. The number of amides is 1. The van der Waals surface area contributed by atoms with Gasteiger partial charge < -0.3 is 16.8 Å². The number of hydrogen-bond acceptors (Lipinski definition) is 4. The fraction of sp³-hybridized carbons (Fsp3) is 0.200. The SMILES string of the molecule is Cc1ccc(N)nc1-c1cccc(C(=O)NCCN)c1. The van der Waals surface area contributed by atoms with Crippen molar-refractivity contribution in [2.45, 2.75) is 6.92 Å². The quantitative estimate of drug-likeness (QED) is 0.781. The van der Waals surface area contributed by atoms with Crippen LogP contribution in [0.25, 0.3) is 11.3 Å². The van der Waals surface area contributed by atoms with E-state index in [2.05, 4.69) is 10.3 Å². The smallest absolute Gasteiger partial charge is 0.251 e. The van der Waals surface area contributed by atoms with Gasteiger partial charge in [-0.1, -0.05) is 18.2 Å². The molecule has 5 heteroatoms. The van der Waals surface area contributed by atoms with Gasteiger partial charge in [0.05, 0.1) is 5.69 Å². The van der Waals surface area contributed by atoms with E-state index in [0.717, 1.165) is 16.8 Å². The molecule has 0 fully saturated rings. The molecule has 1 aromatic carbocycles. The maximum absolute atomic E-state index is 11.9. The normalized spacial score (nSPS) is 10.3. The number of aryl methyl sites for hydroxylation is 1. The van der Waals surface area contributed by atoms with E-state index in [1.54, 1.807) is 18.2 Å². The van der Waals surface area contributed by atoms with Crippen LogP contribution < -0.4 is 16.8 Å². The molecule has 1 aromatic heterocycles. The van der Waals surface area contributed by atoms with Crippen molar-refractivity contribution in [2.24, 2.45) is 5.73 Å². The highest BCUT2D eigenvalue weighted by atomic mass is 16.1. The average Bonchev–Trinajstić information content (AvgIpc) is 2.47. The van der Waals surface area contributed by atoms with E-state index in [1.165, 1.54) is 0 Å². The minimum atomic E-state index is -0.140. The van der Waals surface area contributed by atoms with Gasteiger partial charge in [0.1, 0.15) is 5.82 Å². The van der Waals surface area contributed by atoms with Crippen LogP contribution >= 0.6 is 0 Å². The van der Waals surface area contributed by atoms with Gasteiger partial charge in [0.25, 0.3) is 5.91 Å². The predicted molar refractivity (Wildman–Crippen MR) is 80.2 cm³/mol. The number of anilines is 1. The number of carbonyl (C=O) groups is 1. The maximum atomic E-state index is 11.9. The zero-order chi connectivity index (χ0) is 14.5. The van der Waals surface area contributed by atoms with Gasteiger partial charge in [-0.3, -0.25) is 4.79 Å². The highest BCUT2D eigenvalue weighted by Gasteiger charge is 2.09. The Kier molecular flexibility index (Phi) is 4.32. The third kappa shape index (κ3) is 3.13. The lowest BCUT2D eigenvalue weighted by Crippen LogP contribution is -2.28. The maximum Gasteiger partial charge on any atom is 0.251 e. The molecular weight excluding hydrogens is 252 g/mol. The lowest BCUT2D eigenvalue weighted by atomic mass is 10.0. The van der Waals surface area contributed by atoms with Crippen molar-refractivity contribution >= 4 is 11.7 Å². The highest BCUT2D eigenvalue weighted by molar-refractivity contribution is 5.95. The van der Waals surface area contributed by atoms with Crippen LogP contribution in [0, 0.1) is 6.92 Å². The molecule has 0 radical (unpaired) electrons. The summed E-state index contributed by atoms with van der Waals surface area (Å²) in [4.78, 5) is 16.3. The molecule has 2 rings (SSSR count). The van der Waals surface area contributed by atoms with E-state index < -0.39 is 0 Å². The summed E-state index contributed by atoms with van der Waals surface area (Å²) >= 11 is 0. The molecule has 104 valence electrons. The van der Waals surface area contributed by atoms with Crippen LogP contribution in [0.5, 0.6) is 0 Å². The first-order chi connectivity index (χ1) is 9.61. The van der Waals surface area contributed by atoms with E-state index in [1.807, 2.05) is 25.1 Å². The van der Waals surface area contributed by atoms with Crippen LogP contribution in [0.2, 0.25) is 0 Å². The summed E-state index contributed by atoms with van der Waals surface area (Å²) in [6.45, 7) is 2.84. The molecule has 0 spiro atoms. The number of nitrogens with zero attached hydrogens (tertiary/aromatic N) is 1. The number of rotatable bonds is 4. The number of pyridine rings is 1. The second-order valence-corrected chi connectivity index (χ2v) is 4.53. The molecule has 5 nitrogen and oxygen atoms in total. The van der Waals surface area contributed by atoms with Gasteiger partial charge in [-0.25, -0.2) is 4.98 Å².